The van der Waals surface area contributed by atoms with E-state index in [9.17, 15) is 0 Å². The summed E-state index contributed by atoms with van der Waals surface area (Å²) < 4.78 is 4.18. The molecule has 0 atom stereocenters. The molecule has 0 saturated heterocycles. The van der Waals surface area contributed by atoms with Gasteiger partial charge in [0, 0.05) is 0 Å². The van der Waals surface area contributed by atoms with Gasteiger partial charge in [0.2, 0.25) is 0 Å². The van der Waals surface area contributed by atoms with Crippen molar-refractivity contribution in [2.75, 3.05) is 0 Å². The van der Waals surface area contributed by atoms with Gasteiger partial charge in [0.15, 0.2) is 9.76 Å². The molecule has 0 aliphatic carbocycles. The zero-order chi connectivity index (χ0) is 3.41. The van der Waals surface area contributed by atoms with E-state index in [0.29, 0.717) is 0 Å². The molecule has 0 aromatic heterocycles. The molecule has 4 heavy (non-hydrogen) atoms. The number of nitrogens with two attached hydrogens (primary N) is 1. The smallest absolute Gasteiger partial charge is 0.186 e. The van der Waals surface area contributed by atoms with Gasteiger partial charge < -0.3 is 4.53 Å². The molecule has 0 saturated carbocycles. The van der Waals surface area contributed by atoms with Crippen LogP contribution in [0.25, 0.3) is 0 Å². The molecule has 0 fully saturated rings. The lowest BCUT2D eigenvalue weighted by atomic mass is 11.9. The Morgan fingerprint density at radius 2 is 2.25 bits per heavy atom. The molecule has 0 radical (unpaired) electrons. The summed E-state index contributed by atoms with van der Waals surface area (Å²) in [6.45, 7) is 1.97. The highest BCUT2D eigenvalue weighted by Crippen LogP contribution is 1.41. The largest absolute Gasteiger partial charge is 0.356 e. The molecule has 2 N–H and O–H groups in total. The average molecular weight is 77.2 g/mol. The molecule has 0 heterocycles. The third kappa shape index (κ3) is 2.14. The Labute approximate surface area is 27.8 Å². The van der Waals surface area contributed by atoms with Gasteiger partial charge >= 0.3 is 0 Å². The van der Waals surface area contributed by atoms with Crippen molar-refractivity contribution in [1.82, 2.24) is 0 Å². The molecular formula is CH7NOSi. The normalized spacial score (nSPS) is 10.5. The highest BCUT2D eigenvalue weighted by Gasteiger charge is 1.55. The van der Waals surface area contributed by atoms with Crippen LogP contribution in [-0.2, 0) is 4.53 Å². The molecule has 0 aliphatic rings. The molecule has 3 heteroatoms. The summed E-state index contributed by atoms with van der Waals surface area (Å²) in [4.78, 5) is 0. The maximum atomic E-state index is 4.59. The van der Waals surface area contributed by atoms with Crippen LogP contribution in [0.1, 0.15) is 0 Å². The zero-order valence-electron chi connectivity index (χ0n) is 2.69. The second-order valence-electron chi connectivity index (χ2n) is 0.455. The van der Waals surface area contributed by atoms with Gasteiger partial charge in [-0.05, 0) is 6.55 Å². The van der Waals surface area contributed by atoms with Gasteiger partial charge in [0.1, 0.15) is 0 Å². The van der Waals surface area contributed by atoms with E-state index in [0.717, 1.165) is 0 Å². The molecule has 26 valence electrons. The summed E-state index contributed by atoms with van der Waals surface area (Å²) in [5.41, 5.74) is 0. The van der Waals surface area contributed by atoms with Crippen molar-refractivity contribution in [1.29, 1.82) is 0 Å². The van der Waals surface area contributed by atoms with Crippen LogP contribution in [-0.4, -0.2) is 9.76 Å². The molecule has 0 aromatic rings. The fraction of sp³-hybridized carbons (Fsp3) is 1.00. The summed E-state index contributed by atoms with van der Waals surface area (Å²) in [6.07, 6.45) is 0. The van der Waals surface area contributed by atoms with E-state index in [2.05, 4.69) is 10.4 Å². The Balaban J connectivity index is 1.97. The van der Waals surface area contributed by atoms with Gasteiger partial charge in [-0.3, -0.25) is 0 Å². The van der Waals surface area contributed by atoms with Gasteiger partial charge in [0.05, 0.1) is 0 Å². The van der Waals surface area contributed by atoms with Crippen molar-refractivity contribution in [3.63, 3.8) is 0 Å². The minimum absolute atomic E-state index is 0.298. The molecule has 0 unspecified atom stereocenters. The van der Waals surface area contributed by atoms with Gasteiger partial charge in [0.25, 0.3) is 0 Å². The molecule has 0 spiro atoms. The van der Waals surface area contributed by atoms with E-state index in [-0.39, 0.29) is 9.76 Å². The van der Waals surface area contributed by atoms with Crippen LogP contribution in [0.15, 0.2) is 0 Å². The predicted octanol–water partition coefficient (Wildman–Crippen LogP) is -0.991. The molecule has 0 amide bonds. The van der Waals surface area contributed by atoms with Crippen LogP contribution < -0.4 is 5.90 Å². The molecule has 2 nitrogen and oxygen atoms in total. The first-order valence-electron chi connectivity index (χ1n) is 1.23. The Hall–Kier alpha value is 0.137. The maximum absolute atomic E-state index is 4.59. The van der Waals surface area contributed by atoms with Crippen LogP contribution in [0.4, 0.5) is 0 Å². The first kappa shape index (κ1) is 4.14. The lowest BCUT2D eigenvalue weighted by molar-refractivity contribution is 0.359. The Kier molecular flexibility index (Phi) is 3.24. The number of hydrogen-bond donors (Lipinski definition) is 1. The molecule has 0 aliphatic heterocycles. The van der Waals surface area contributed by atoms with Crippen LogP contribution in [0.2, 0.25) is 6.55 Å². The second kappa shape index (κ2) is 3.14. The molecule has 0 aromatic carbocycles. The number of rotatable bonds is 1. The summed E-state index contributed by atoms with van der Waals surface area (Å²) in [6, 6.07) is 0. The van der Waals surface area contributed by atoms with Gasteiger partial charge in [-0.2, -0.15) is 0 Å². The standard InChI is InChI=1S/CH7NOSi/c1-4-3-2/h2,4H2,1H3. The number of hydrogen-bond acceptors (Lipinski definition) is 2. The van der Waals surface area contributed by atoms with Crippen molar-refractivity contribution < 1.29 is 4.53 Å². The van der Waals surface area contributed by atoms with E-state index in [1.165, 1.54) is 0 Å². The Morgan fingerprint density at radius 3 is 2.25 bits per heavy atom. The third-order valence-electron chi connectivity index (χ3n) is 0.167. The van der Waals surface area contributed by atoms with Gasteiger partial charge in [-0.25, -0.2) is 5.90 Å². The van der Waals surface area contributed by atoms with Gasteiger partial charge in [-0.1, -0.05) is 0 Å². The highest BCUT2D eigenvalue weighted by molar-refractivity contribution is 6.24. The molecule has 0 rings (SSSR count). The third-order valence-corrected chi connectivity index (χ3v) is 0.500. The zero-order valence-corrected chi connectivity index (χ0v) is 4.11. The summed E-state index contributed by atoms with van der Waals surface area (Å²) in [7, 11) is -0.298. The van der Waals surface area contributed by atoms with Gasteiger partial charge in [-0.15, -0.1) is 0 Å². The van der Waals surface area contributed by atoms with E-state index in [1.807, 2.05) is 6.55 Å². The van der Waals surface area contributed by atoms with Crippen molar-refractivity contribution in [2.45, 2.75) is 6.55 Å². The van der Waals surface area contributed by atoms with Crippen LogP contribution in [0, 0.1) is 0 Å². The van der Waals surface area contributed by atoms with Crippen LogP contribution in [0.5, 0.6) is 0 Å². The SMILES string of the molecule is C[SiH2]ON. The minimum atomic E-state index is -0.298. The first-order chi connectivity index (χ1) is 1.91. The Morgan fingerprint density at radius 1 is 2.00 bits per heavy atom. The Bertz CT molecular complexity index is 10.0. The lowest BCUT2D eigenvalue weighted by Gasteiger charge is -1.75. The van der Waals surface area contributed by atoms with Crippen LogP contribution in [0.3, 0.4) is 0 Å². The monoisotopic (exact) mass is 77.0 g/mol. The van der Waals surface area contributed by atoms with Crippen molar-refractivity contribution in [3.05, 3.63) is 0 Å². The fourth-order valence-electron chi connectivity index (χ4n) is 0. The predicted molar refractivity (Wildman–Crippen MR) is 19.7 cm³/mol. The summed E-state index contributed by atoms with van der Waals surface area (Å²) in [5.74, 6) is 4.59. The minimum Gasteiger partial charge on any atom is -0.356 e. The topological polar surface area (TPSA) is 35.2 Å². The molecular weight excluding hydrogens is 70.1 g/mol. The summed E-state index contributed by atoms with van der Waals surface area (Å²) >= 11 is 0. The first-order valence-corrected chi connectivity index (χ1v) is 3.22. The fourth-order valence-corrected chi connectivity index (χ4v) is 0. The van der Waals surface area contributed by atoms with Crippen molar-refractivity contribution in [2.24, 2.45) is 5.90 Å². The van der Waals surface area contributed by atoms with Crippen molar-refractivity contribution >= 4 is 9.76 Å². The quantitative estimate of drug-likeness (QED) is 0.322. The van der Waals surface area contributed by atoms with E-state index in [1.54, 1.807) is 0 Å². The van der Waals surface area contributed by atoms with E-state index in [4.69, 9.17) is 0 Å². The molecule has 0 bridgehead atoms. The van der Waals surface area contributed by atoms with E-state index >= 15 is 0 Å². The second-order valence-corrected chi connectivity index (χ2v) is 1.37. The lowest BCUT2D eigenvalue weighted by Crippen LogP contribution is -1.98. The van der Waals surface area contributed by atoms with E-state index < -0.39 is 0 Å². The van der Waals surface area contributed by atoms with Crippen molar-refractivity contribution in [3.8, 4) is 0 Å². The maximum Gasteiger partial charge on any atom is 0.186 e. The highest BCUT2D eigenvalue weighted by atomic mass is 28.2. The average Bonchev–Trinajstić information content (AvgIpc) is 1.37. The summed E-state index contributed by atoms with van der Waals surface area (Å²) in [5, 5.41) is 0. The van der Waals surface area contributed by atoms with Crippen LogP contribution >= 0.6 is 0 Å².